The molecule has 0 amide bonds. The van der Waals surface area contributed by atoms with Crippen molar-refractivity contribution in [3.63, 3.8) is 0 Å². The SMILES string of the molecule is CN=C(/C=C(\N)C(F)F)c1cc(C)ccc1F. The van der Waals surface area contributed by atoms with Gasteiger partial charge in [-0.15, -0.1) is 0 Å². The van der Waals surface area contributed by atoms with E-state index in [2.05, 4.69) is 4.99 Å². The van der Waals surface area contributed by atoms with Crippen molar-refractivity contribution in [2.45, 2.75) is 13.3 Å². The van der Waals surface area contributed by atoms with Crippen LogP contribution in [0.25, 0.3) is 0 Å². The molecule has 2 nitrogen and oxygen atoms in total. The largest absolute Gasteiger partial charge is 0.397 e. The van der Waals surface area contributed by atoms with Crippen molar-refractivity contribution in [2.75, 3.05) is 7.05 Å². The fourth-order valence-electron chi connectivity index (χ4n) is 1.32. The van der Waals surface area contributed by atoms with Gasteiger partial charge in [0.05, 0.1) is 11.4 Å². The molecule has 0 fully saturated rings. The van der Waals surface area contributed by atoms with E-state index < -0.39 is 17.9 Å². The first kappa shape index (κ1) is 13.3. The van der Waals surface area contributed by atoms with Crippen LogP contribution in [0.1, 0.15) is 11.1 Å². The highest BCUT2D eigenvalue weighted by Crippen LogP contribution is 2.13. The number of nitrogens with zero attached hydrogens (tertiary/aromatic N) is 1. The van der Waals surface area contributed by atoms with E-state index in [0.29, 0.717) is 0 Å². The quantitative estimate of drug-likeness (QED) is 0.813. The molecule has 0 atom stereocenters. The van der Waals surface area contributed by atoms with Gasteiger partial charge in [0.25, 0.3) is 6.43 Å². The van der Waals surface area contributed by atoms with Crippen molar-refractivity contribution in [3.05, 3.63) is 46.9 Å². The van der Waals surface area contributed by atoms with Gasteiger partial charge in [-0.3, -0.25) is 4.99 Å². The van der Waals surface area contributed by atoms with Crippen LogP contribution >= 0.6 is 0 Å². The molecular weight excluding hydrogens is 229 g/mol. The van der Waals surface area contributed by atoms with Crippen LogP contribution in [0.3, 0.4) is 0 Å². The van der Waals surface area contributed by atoms with Crippen LogP contribution in [0.5, 0.6) is 0 Å². The zero-order valence-electron chi connectivity index (χ0n) is 9.55. The van der Waals surface area contributed by atoms with Crippen LogP contribution in [0.4, 0.5) is 13.2 Å². The number of hydrogen-bond donors (Lipinski definition) is 1. The van der Waals surface area contributed by atoms with Crippen molar-refractivity contribution in [1.29, 1.82) is 0 Å². The third-order valence-electron chi connectivity index (χ3n) is 2.19. The number of halogens is 3. The Labute approximate surface area is 97.7 Å². The van der Waals surface area contributed by atoms with Crippen molar-refractivity contribution in [2.24, 2.45) is 10.7 Å². The second-order valence-corrected chi connectivity index (χ2v) is 3.54. The van der Waals surface area contributed by atoms with Gasteiger partial charge in [0.1, 0.15) is 5.82 Å². The Morgan fingerprint density at radius 1 is 1.41 bits per heavy atom. The summed E-state index contributed by atoms with van der Waals surface area (Å²) in [7, 11) is 1.40. The molecule has 0 saturated carbocycles. The number of hydrogen-bond acceptors (Lipinski definition) is 2. The van der Waals surface area contributed by atoms with E-state index >= 15 is 0 Å². The van der Waals surface area contributed by atoms with Crippen LogP contribution in [0, 0.1) is 12.7 Å². The van der Waals surface area contributed by atoms with Gasteiger partial charge < -0.3 is 5.73 Å². The molecule has 0 aliphatic heterocycles. The first-order valence-corrected chi connectivity index (χ1v) is 4.94. The van der Waals surface area contributed by atoms with Gasteiger partial charge in [-0.1, -0.05) is 11.6 Å². The molecular formula is C12H13F3N2. The Hall–Kier alpha value is -1.78. The lowest BCUT2D eigenvalue weighted by Crippen LogP contribution is -2.12. The number of benzene rings is 1. The normalized spacial score (nSPS) is 13.3. The topological polar surface area (TPSA) is 38.4 Å². The van der Waals surface area contributed by atoms with Crippen LogP contribution in [-0.4, -0.2) is 19.2 Å². The highest BCUT2D eigenvalue weighted by molar-refractivity contribution is 6.09. The lowest BCUT2D eigenvalue weighted by molar-refractivity contribution is 0.188. The Balaban J connectivity index is 3.20. The van der Waals surface area contributed by atoms with Gasteiger partial charge in [0.2, 0.25) is 0 Å². The summed E-state index contributed by atoms with van der Waals surface area (Å²) in [6.07, 6.45) is -1.79. The van der Waals surface area contributed by atoms with E-state index in [1.54, 1.807) is 13.0 Å². The Morgan fingerprint density at radius 3 is 2.59 bits per heavy atom. The summed E-state index contributed by atoms with van der Waals surface area (Å²) in [6, 6.07) is 4.39. The maximum atomic E-state index is 13.5. The minimum absolute atomic E-state index is 0.101. The third kappa shape index (κ3) is 3.34. The van der Waals surface area contributed by atoms with E-state index in [1.165, 1.54) is 19.2 Å². The second kappa shape index (κ2) is 5.52. The highest BCUT2D eigenvalue weighted by atomic mass is 19.3. The van der Waals surface area contributed by atoms with E-state index in [4.69, 9.17) is 5.73 Å². The maximum absolute atomic E-state index is 13.5. The molecule has 0 aliphatic carbocycles. The number of alkyl halides is 2. The second-order valence-electron chi connectivity index (χ2n) is 3.54. The zero-order chi connectivity index (χ0) is 13.0. The van der Waals surface area contributed by atoms with Gasteiger partial charge in [0.15, 0.2) is 0 Å². The van der Waals surface area contributed by atoms with Gasteiger partial charge in [0, 0.05) is 12.6 Å². The first-order valence-electron chi connectivity index (χ1n) is 4.94. The van der Waals surface area contributed by atoms with Crippen molar-refractivity contribution >= 4 is 5.71 Å². The number of aliphatic imine (C=N–C) groups is 1. The lowest BCUT2D eigenvalue weighted by Gasteiger charge is -2.06. The summed E-state index contributed by atoms with van der Waals surface area (Å²) in [5, 5.41) is 0. The highest BCUT2D eigenvalue weighted by Gasteiger charge is 2.11. The standard InChI is InChI=1S/C12H13F3N2/c1-7-3-4-9(13)8(5-7)11(17-2)6-10(16)12(14)15/h3-6,12H,16H2,1-2H3/b10-6-,17-11?. The average molecular weight is 242 g/mol. The molecule has 17 heavy (non-hydrogen) atoms. The van der Waals surface area contributed by atoms with Gasteiger partial charge in [-0.05, 0) is 25.1 Å². The summed E-state index contributed by atoms with van der Waals surface area (Å²) in [4.78, 5) is 3.77. The first-order chi connectivity index (χ1) is 7.95. The number of allylic oxidation sites excluding steroid dienone is 2. The van der Waals surface area contributed by atoms with Gasteiger partial charge >= 0.3 is 0 Å². The Morgan fingerprint density at radius 2 is 2.06 bits per heavy atom. The van der Waals surface area contributed by atoms with E-state index in [-0.39, 0.29) is 11.3 Å². The average Bonchev–Trinajstić information content (AvgIpc) is 2.29. The molecule has 0 saturated heterocycles. The molecule has 0 aliphatic rings. The van der Waals surface area contributed by atoms with Gasteiger partial charge in [-0.2, -0.15) is 0 Å². The van der Waals surface area contributed by atoms with Crippen molar-refractivity contribution in [1.82, 2.24) is 0 Å². The molecule has 1 rings (SSSR count). The fraction of sp³-hybridized carbons (Fsp3) is 0.250. The summed E-state index contributed by atoms with van der Waals surface area (Å²) >= 11 is 0. The third-order valence-corrected chi connectivity index (χ3v) is 2.19. The summed E-state index contributed by atoms with van der Waals surface area (Å²) in [6.45, 7) is 1.77. The molecule has 0 heterocycles. The molecule has 1 aromatic rings. The molecule has 92 valence electrons. The smallest absolute Gasteiger partial charge is 0.277 e. The molecule has 0 spiro atoms. The predicted octanol–water partition coefficient (Wildman–Crippen LogP) is 2.66. The van der Waals surface area contributed by atoms with E-state index in [9.17, 15) is 13.2 Å². The summed E-state index contributed by atoms with van der Waals surface area (Å²) in [5.74, 6) is -0.519. The van der Waals surface area contributed by atoms with Crippen molar-refractivity contribution < 1.29 is 13.2 Å². The lowest BCUT2D eigenvalue weighted by atomic mass is 10.1. The number of nitrogens with two attached hydrogens (primary N) is 1. The van der Waals surface area contributed by atoms with Crippen LogP contribution < -0.4 is 5.73 Å². The minimum atomic E-state index is -2.78. The molecule has 1 aromatic carbocycles. The van der Waals surface area contributed by atoms with Crippen LogP contribution in [0.2, 0.25) is 0 Å². The van der Waals surface area contributed by atoms with E-state index in [1.807, 2.05) is 0 Å². The fourth-order valence-corrected chi connectivity index (χ4v) is 1.32. The monoisotopic (exact) mass is 242 g/mol. The number of aryl methyl sites for hydroxylation is 1. The molecule has 0 unspecified atom stereocenters. The molecule has 0 radical (unpaired) electrons. The molecule has 0 aromatic heterocycles. The molecule has 5 heteroatoms. The predicted molar refractivity (Wildman–Crippen MR) is 61.9 cm³/mol. The zero-order valence-corrected chi connectivity index (χ0v) is 9.55. The minimum Gasteiger partial charge on any atom is -0.397 e. The molecule has 0 bridgehead atoms. The Kier molecular flexibility index (Phi) is 4.31. The Bertz CT molecular complexity index is 465. The summed E-state index contributed by atoms with van der Waals surface area (Å²) in [5.41, 5.74) is 5.57. The van der Waals surface area contributed by atoms with Crippen molar-refractivity contribution in [3.8, 4) is 0 Å². The summed E-state index contributed by atoms with van der Waals surface area (Å²) < 4.78 is 38.1. The molecule has 2 N–H and O–H groups in total. The van der Waals surface area contributed by atoms with Crippen LogP contribution in [-0.2, 0) is 0 Å². The van der Waals surface area contributed by atoms with E-state index in [0.717, 1.165) is 11.6 Å². The van der Waals surface area contributed by atoms with Crippen LogP contribution in [0.15, 0.2) is 35.0 Å². The number of rotatable bonds is 3. The maximum Gasteiger partial charge on any atom is 0.277 e. The van der Waals surface area contributed by atoms with Gasteiger partial charge in [-0.25, -0.2) is 13.2 Å².